The minimum Gasteiger partial charge on any atom is -0.463 e. The van der Waals surface area contributed by atoms with Crippen LogP contribution in [0.25, 0.3) is 5.69 Å². The number of ether oxygens (including phenoxy) is 1. The van der Waals surface area contributed by atoms with E-state index in [0.717, 1.165) is 5.56 Å². The number of nitrogens with zero attached hydrogens (tertiary/aromatic N) is 4. The second-order valence-electron chi connectivity index (χ2n) is 6.06. The molecule has 0 unspecified atom stereocenters. The Labute approximate surface area is 160 Å². The average Bonchev–Trinajstić information content (AvgIpc) is 3.07. The predicted octanol–water partition coefficient (Wildman–Crippen LogP) is 2.86. The lowest BCUT2D eigenvalue weighted by atomic mass is 10.1. The summed E-state index contributed by atoms with van der Waals surface area (Å²) in [5.74, 6) is -0.390. The predicted molar refractivity (Wildman–Crippen MR) is 97.7 cm³/mol. The van der Waals surface area contributed by atoms with Crippen LogP contribution in [0.3, 0.4) is 0 Å². The van der Waals surface area contributed by atoms with E-state index in [1.807, 2.05) is 30.3 Å². The third kappa shape index (κ3) is 3.17. The Morgan fingerprint density at radius 2 is 2.00 bits per heavy atom. The van der Waals surface area contributed by atoms with E-state index in [4.69, 9.17) is 16.3 Å². The highest BCUT2D eigenvalue weighted by Crippen LogP contribution is 2.27. The van der Waals surface area contributed by atoms with Crippen LogP contribution in [0, 0.1) is 0 Å². The molecule has 7 nitrogen and oxygen atoms in total. The van der Waals surface area contributed by atoms with Crippen LogP contribution in [0.1, 0.15) is 32.4 Å². The van der Waals surface area contributed by atoms with Gasteiger partial charge in [-0.05, 0) is 23.8 Å². The van der Waals surface area contributed by atoms with Crippen molar-refractivity contribution in [3.05, 3.63) is 76.3 Å². The molecule has 0 radical (unpaired) electrons. The van der Waals surface area contributed by atoms with Gasteiger partial charge in [-0.1, -0.05) is 41.9 Å². The first kappa shape index (κ1) is 17.2. The van der Waals surface area contributed by atoms with E-state index in [2.05, 4.69) is 10.1 Å². The standard InChI is InChI=1S/C19H15ClN4O3/c1-27-19(26)17-21-16-11-23(10-12-5-3-2-4-6-12)18(25)14-9-13(20)7-8-15(14)24(16)22-17/h2-9H,10-11H2,1H3. The van der Waals surface area contributed by atoms with Crippen LogP contribution >= 0.6 is 11.6 Å². The zero-order valence-electron chi connectivity index (χ0n) is 14.4. The lowest BCUT2D eigenvalue weighted by Gasteiger charge is -2.20. The third-order valence-electron chi connectivity index (χ3n) is 4.30. The largest absolute Gasteiger partial charge is 0.463 e. The number of hydrogen-bond donors (Lipinski definition) is 0. The fraction of sp³-hybridized carbons (Fsp3) is 0.158. The van der Waals surface area contributed by atoms with E-state index < -0.39 is 5.97 Å². The van der Waals surface area contributed by atoms with Crippen LogP contribution in [-0.2, 0) is 17.8 Å². The zero-order valence-corrected chi connectivity index (χ0v) is 15.2. The number of carbonyl (C=O) groups is 2. The van der Waals surface area contributed by atoms with E-state index in [0.29, 0.717) is 28.6 Å². The fourth-order valence-electron chi connectivity index (χ4n) is 3.03. The summed E-state index contributed by atoms with van der Waals surface area (Å²) in [5.41, 5.74) is 1.91. The molecule has 0 saturated heterocycles. The minimum absolute atomic E-state index is 0.0533. The molecule has 1 aliphatic rings. The molecule has 2 heterocycles. The number of rotatable bonds is 3. The molecular formula is C19H15ClN4O3. The van der Waals surface area contributed by atoms with Crippen molar-refractivity contribution in [3.63, 3.8) is 0 Å². The van der Waals surface area contributed by atoms with Gasteiger partial charge in [-0.15, -0.1) is 5.10 Å². The molecule has 136 valence electrons. The number of methoxy groups -OCH3 is 1. The van der Waals surface area contributed by atoms with Gasteiger partial charge >= 0.3 is 5.97 Å². The number of fused-ring (bicyclic) bond motifs is 3. The lowest BCUT2D eigenvalue weighted by molar-refractivity contribution is 0.0586. The van der Waals surface area contributed by atoms with Gasteiger partial charge in [-0.3, -0.25) is 4.79 Å². The maximum atomic E-state index is 13.1. The molecule has 1 aliphatic heterocycles. The highest BCUT2D eigenvalue weighted by molar-refractivity contribution is 6.31. The smallest absolute Gasteiger partial charge is 0.377 e. The molecule has 1 amide bonds. The van der Waals surface area contributed by atoms with Crippen molar-refractivity contribution in [2.45, 2.75) is 13.1 Å². The molecule has 1 aromatic heterocycles. The van der Waals surface area contributed by atoms with Gasteiger partial charge in [0.1, 0.15) is 0 Å². The van der Waals surface area contributed by atoms with E-state index in [-0.39, 0.29) is 18.3 Å². The van der Waals surface area contributed by atoms with Crippen LogP contribution in [-0.4, -0.2) is 38.7 Å². The molecule has 8 heteroatoms. The molecule has 0 aliphatic carbocycles. The average molecular weight is 383 g/mol. The number of hydrogen-bond acceptors (Lipinski definition) is 5. The number of aromatic nitrogens is 3. The number of halogens is 1. The summed E-state index contributed by atoms with van der Waals surface area (Å²) < 4.78 is 6.22. The Kier molecular flexibility index (Phi) is 4.37. The Morgan fingerprint density at radius 1 is 1.22 bits per heavy atom. The monoisotopic (exact) mass is 382 g/mol. The molecule has 0 fully saturated rings. The Morgan fingerprint density at radius 3 is 2.74 bits per heavy atom. The van der Waals surface area contributed by atoms with E-state index in [1.54, 1.807) is 23.1 Å². The van der Waals surface area contributed by atoms with Crippen molar-refractivity contribution in [2.75, 3.05) is 7.11 Å². The number of carbonyl (C=O) groups excluding carboxylic acids is 2. The SMILES string of the molecule is COC(=O)c1nc2n(n1)-c1ccc(Cl)cc1C(=O)N(Cc1ccccc1)C2. The molecule has 2 aromatic carbocycles. The quantitative estimate of drug-likeness (QED) is 0.651. The van der Waals surface area contributed by atoms with E-state index in [9.17, 15) is 9.59 Å². The van der Waals surface area contributed by atoms with Crippen LogP contribution in [0.5, 0.6) is 0 Å². The topological polar surface area (TPSA) is 77.3 Å². The maximum absolute atomic E-state index is 13.1. The normalized spacial score (nSPS) is 13.0. The molecule has 0 bridgehead atoms. The number of esters is 1. The summed E-state index contributed by atoms with van der Waals surface area (Å²) in [7, 11) is 1.27. The molecule has 0 atom stereocenters. The van der Waals surface area contributed by atoms with Gasteiger partial charge in [0.2, 0.25) is 0 Å². The third-order valence-corrected chi connectivity index (χ3v) is 4.53. The summed E-state index contributed by atoms with van der Waals surface area (Å²) in [4.78, 5) is 30.9. The van der Waals surface area contributed by atoms with Gasteiger partial charge in [0.05, 0.1) is 24.9 Å². The van der Waals surface area contributed by atoms with Crippen molar-refractivity contribution in [1.29, 1.82) is 0 Å². The van der Waals surface area contributed by atoms with Crippen molar-refractivity contribution in [1.82, 2.24) is 19.7 Å². The van der Waals surface area contributed by atoms with Gasteiger partial charge in [0, 0.05) is 11.6 Å². The van der Waals surface area contributed by atoms with Crippen LogP contribution in [0.2, 0.25) is 5.02 Å². The van der Waals surface area contributed by atoms with Crippen molar-refractivity contribution in [2.24, 2.45) is 0 Å². The molecular weight excluding hydrogens is 368 g/mol. The van der Waals surface area contributed by atoms with Crippen LogP contribution in [0.15, 0.2) is 48.5 Å². The zero-order chi connectivity index (χ0) is 19.0. The second-order valence-corrected chi connectivity index (χ2v) is 6.50. The maximum Gasteiger partial charge on any atom is 0.377 e. The van der Waals surface area contributed by atoms with Crippen LogP contribution in [0.4, 0.5) is 0 Å². The van der Waals surface area contributed by atoms with Gasteiger partial charge in [0.25, 0.3) is 11.7 Å². The summed E-state index contributed by atoms with van der Waals surface area (Å²) in [6.07, 6.45) is 0. The van der Waals surface area contributed by atoms with Gasteiger partial charge < -0.3 is 9.64 Å². The summed E-state index contributed by atoms with van der Waals surface area (Å²) in [5, 5.41) is 4.68. The Bertz CT molecular complexity index is 1030. The van der Waals surface area contributed by atoms with Gasteiger partial charge in [-0.2, -0.15) is 0 Å². The highest BCUT2D eigenvalue weighted by Gasteiger charge is 2.30. The number of benzene rings is 2. The summed E-state index contributed by atoms with van der Waals surface area (Å²) in [6, 6.07) is 14.6. The minimum atomic E-state index is -0.632. The molecule has 0 saturated carbocycles. The Hall–Kier alpha value is -3.19. The molecule has 3 aromatic rings. The Balaban J connectivity index is 1.83. The van der Waals surface area contributed by atoms with Crippen molar-refractivity contribution < 1.29 is 14.3 Å². The summed E-state index contributed by atoms with van der Waals surface area (Å²) >= 11 is 6.12. The molecule has 27 heavy (non-hydrogen) atoms. The fourth-order valence-corrected chi connectivity index (χ4v) is 3.20. The van der Waals surface area contributed by atoms with Crippen LogP contribution < -0.4 is 0 Å². The lowest BCUT2D eigenvalue weighted by Crippen LogP contribution is -2.29. The van der Waals surface area contributed by atoms with Gasteiger partial charge in [-0.25, -0.2) is 14.5 Å². The second kappa shape index (κ2) is 6.85. The first-order valence-corrected chi connectivity index (χ1v) is 8.62. The number of amides is 1. The van der Waals surface area contributed by atoms with Crippen molar-refractivity contribution in [3.8, 4) is 5.69 Å². The molecule has 4 rings (SSSR count). The molecule has 0 N–H and O–H groups in total. The first-order valence-electron chi connectivity index (χ1n) is 8.24. The first-order chi connectivity index (χ1) is 13.1. The van der Waals surface area contributed by atoms with E-state index in [1.165, 1.54) is 11.8 Å². The van der Waals surface area contributed by atoms with Gasteiger partial charge in [0.15, 0.2) is 5.82 Å². The van der Waals surface area contributed by atoms with E-state index >= 15 is 0 Å². The van der Waals surface area contributed by atoms with Crippen molar-refractivity contribution >= 4 is 23.5 Å². The highest BCUT2D eigenvalue weighted by atomic mass is 35.5. The summed E-state index contributed by atoms with van der Waals surface area (Å²) in [6.45, 7) is 0.593. The molecule has 0 spiro atoms.